The summed E-state index contributed by atoms with van der Waals surface area (Å²) in [6.45, 7) is 1.94. The quantitative estimate of drug-likeness (QED) is 0.831. The molecule has 0 saturated heterocycles. The van der Waals surface area contributed by atoms with Gasteiger partial charge in [-0.15, -0.1) is 0 Å². The second kappa shape index (κ2) is 4.91. The summed E-state index contributed by atoms with van der Waals surface area (Å²) in [6, 6.07) is 7.59. The van der Waals surface area contributed by atoms with E-state index in [-0.39, 0.29) is 5.91 Å². The van der Waals surface area contributed by atoms with E-state index in [9.17, 15) is 4.79 Å². The van der Waals surface area contributed by atoms with E-state index in [2.05, 4.69) is 5.32 Å². The molecule has 1 aromatic heterocycles. The first kappa shape index (κ1) is 12.8. The second-order valence-corrected chi connectivity index (χ2v) is 5.55. The highest BCUT2D eigenvalue weighted by Crippen LogP contribution is 2.23. The van der Waals surface area contributed by atoms with E-state index in [1.807, 2.05) is 31.2 Å². The molecule has 0 radical (unpaired) electrons. The summed E-state index contributed by atoms with van der Waals surface area (Å²) in [5, 5.41) is 2.84. The number of thiazole rings is 1. The van der Waals surface area contributed by atoms with Crippen molar-refractivity contribution in [1.82, 2.24) is 4.57 Å². The number of carbonyl (C=O) groups excluding carboxylic acids is 1. The van der Waals surface area contributed by atoms with Gasteiger partial charge in [-0.2, -0.15) is 0 Å². The number of nitrogens with one attached hydrogen (secondary N) is 1. The summed E-state index contributed by atoms with van der Waals surface area (Å²) in [5.41, 5.74) is 7.63. The molecule has 0 bridgehead atoms. The van der Waals surface area contributed by atoms with Crippen LogP contribution in [0.15, 0.2) is 24.3 Å². The largest absolute Gasteiger partial charge is 0.384 e. The number of anilines is 2. The summed E-state index contributed by atoms with van der Waals surface area (Å²) in [4.78, 5) is 12.6. The number of nitrogens with two attached hydrogens (primary N) is 1. The minimum Gasteiger partial charge on any atom is -0.384 e. The Hall–Kier alpha value is -1.66. The molecule has 1 heterocycles. The van der Waals surface area contributed by atoms with Crippen molar-refractivity contribution in [3.05, 3.63) is 38.7 Å². The van der Waals surface area contributed by atoms with Crippen molar-refractivity contribution >= 4 is 41.0 Å². The van der Waals surface area contributed by atoms with Gasteiger partial charge in [-0.25, -0.2) is 0 Å². The van der Waals surface area contributed by atoms with E-state index >= 15 is 0 Å². The predicted octanol–water partition coefficient (Wildman–Crippen LogP) is 2.96. The Morgan fingerprint density at radius 2 is 2.11 bits per heavy atom. The minimum absolute atomic E-state index is 0.224. The maximum atomic E-state index is 12.1. The van der Waals surface area contributed by atoms with Crippen LogP contribution in [0.1, 0.15) is 15.2 Å². The molecule has 0 aliphatic carbocycles. The van der Waals surface area contributed by atoms with Crippen LogP contribution >= 0.6 is 23.6 Å². The van der Waals surface area contributed by atoms with Crippen molar-refractivity contribution in [3.63, 3.8) is 0 Å². The standard InChI is InChI=1S/C12H13N3OS2/c1-7-5-3-4-6-8(7)14-11(16)9-10(13)15(2)12(17)18-9/h3-6H,13H2,1-2H3,(H,14,16). The molecule has 0 spiro atoms. The average Bonchev–Trinajstić information content (AvgIpc) is 2.60. The lowest BCUT2D eigenvalue weighted by molar-refractivity contribution is 0.103. The number of benzene rings is 1. The lowest BCUT2D eigenvalue weighted by Crippen LogP contribution is -2.13. The number of rotatable bonds is 2. The second-order valence-electron chi connectivity index (χ2n) is 3.91. The Morgan fingerprint density at radius 1 is 1.44 bits per heavy atom. The molecule has 2 aromatic rings. The number of nitrogen functional groups attached to an aromatic ring is 1. The zero-order valence-corrected chi connectivity index (χ0v) is 11.7. The van der Waals surface area contributed by atoms with Gasteiger partial charge in [-0.1, -0.05) is 29.5 Å². The summed E-state index contributed by atoms with van der Waals surface area (Å²) < 4.78 is 2.22. The molecule has 18 heavy (non-hydrogen) atoms. The number of hydrogen-bond donors (Lipinski definition) is 2. The van der Waals surface area contributed by atoms with Crippen LogP contribution in [0.5, 0.6) is 0 Å². The molecule has 2 rings (SSSR count). The number of carbonyl (C=O) groups is 1. The maximum absolute atomic E-state index is 12.1. The van der Waals surface area contributed by atoms with Crippen LogP contribution in [0.2, 0.25) is 0 Å². The highest BCUT2D eigenvalue weighted by molar-refractivity contribution is 7.73. The van der Waals surface area contributed by atoms with Gasteiger partial charge < -0.3 is 15.6 Å². The third-order valence-electron chi connectivity index (χ3n) is 2.66. The van der Waals surface area contributed by atoms with Crippen molar-refractivity contribution in [3.8, 4) is 0 Å². The normalized spacial score (nSPS) is 10.3. The fourth-order valence-corrected chi connectivity index (χ4v) is 2.66. The summed E-state index contributed by atoms with van der Waals surface area (Å²) in [6.07, 6.45) is 0. The van der Waals surface area contributed by atoms with Gasteiger partial charge in [0.25, 0.3) is 5.91 Å². The SMILES string of the molecule is Cc1ccccc1NC(=O)c1sc(=S)n(C)c1N. The van der Waals surface area contributed by atoms with E-state index in [0.29, 0.717) is 14.6 Å². The molecule has 4 nitrogen and oxygen atoms in total. The molecule has 0 atom stereocenters. The van der Waals surface area contributed by atoms with Gasteiger partial charge in [-0.05, 0) is 30.8 Å². The summed E-state index contributed by atoms with van der Waals surface area (Å²) in [5.74, 6) is 0.176. The number of aromatic nitrogens is 1. The van der Waals surface area contributed by atoms with Crippen molar-refractivity contribution in [2.24, 2.45) is 7.05 Å². The van der Waals surface area contributed by atoms with Crippen LogP contribution in [0.25, 0.3) is 0 Å². The van der Waals surface area contributed by atoms with Crippen LogP contribution in [-0.2, 0) is 7.05 Å². The van der Waals surface area contributed by atoms with Gasteiger partial charge in [0.15, 0.2) is 3.95 Å². The third-order valence-corrected chi connectivity index (χ3v) is 4.23. The fraction of sp³-hybridized carbons (Fsp3) is 0.167. The van der Waals surface area contributed by atoms with E-state index in [1.54, 1.807) is 11.6 Å². The highest BCUT2D eigenvalue weighted by atomic mass is 32.1. The van der Waals surface area contributed by atoms with Crippen LogP contribution in [-0.4, -0.2) is 10.5 Å². The predicted molar refractivity (Wildman–Crippen MR) is 77.7 cm³/mol. The first-order chi connectivity index (χ1) is 8.50. The molecule has 1 aromatic carbocycles. The number of aryl methyl sites for hydroxylation is 1. The van der Waals surface area contributed by atoms with Crippen LogP contribution in [0.3, 0.4) is 0 Å². The zero-order valence-electron chi connectivity index (χ0n) is 10.1. The first-order valence-corrected chi connectivity index (χ1v) is 6.55. The molecule has 94 valence electrons. The van der Waals surface area contributed by atoms with Gasteiger partial charge >= 0.3 is 0 Å². The molecule has 6 heteroatoms. The Kier molecular flexibility index (Phi) is 3.49. The van der Waals surface area contributed by atoms with Gasteiger partial charge in [0.05, 0.1) is 0 Å². The molecular formula is C12H13N3OS2. The molecule has 0 aliphatic heterocycles. The Labute approximate surface area is 114 Å². The van der Waals surface area contributed by atoms with Gasteiger partial charge in [0.1, 0.15) is 10.7 Å². The summed E-state index contributed by atoms with van der Waals surface area (Å²) in [7, 11) is 1.75. The van der Waals surface area contributed by atoms with E-state index in [0.717, 1.165) is 11.3 Å². The van der Waals surface area contributed by atoms with Crippen molar-refractivity contribution in [2.45, 2.75) is 6.92 Å². The third kappa shape index (κ3) is 2.30. The minimum atomic E-state index is -0.224. The van der Waals surface area contributed by atoms with Crippen LogP contribution < -0.4 is 11.1 Å². The topological polar surface area (TPSA) is 60.0 Å². The molecule has 0 unspecified atom stereocenters. The molecule has 1 amide bonds. The van der Waals surface area contributed by atoms with E-state index in [4.69, 9.17) is 18.0 Å². The maximum Gasteiger partial charge on any atom is 0.269 e. The van der Waals surface area contributed by atoms with Crippen LogP contribution in [0, 0.1) is 10.9 Å². The molecule has 0 aliphatic rings. The van der Waals surface area contributed by atoms with Crippen molar-refractivity contribution < 1.29 is 4.79 Å². The number of hydrogen-bond acceptors (Lipinski definition) is 4. The van der Waals surface area contributed by atoms with E-state index in [1.165, 1.54) is 11.3 Å². The summed E-state index contributed by atoms with van der Waals surface area (Å²) >= 11 is 6.31. The van der Waals surface area contributed by atoms with Gasteiger partial charge in [0.2, 0.25) is 0 Å². The molecule has 0 fully saturated rings. The van der Waals surface area contributed by atoms with Crippen molar-refractivity contribution in [2.75, 3.05) is 11.1 Å². The Bertz CT molecular complexity index is 658. The average molecular weight is 279 g/mol. The Morgan fingerprint density at radius 3 is 2.67 bits per heavy atom. The number of nitrogens with zero attached hydrogens (tertiary/aromatic N) is 1. The lowest BCUT2D eigenvalue weighted by atomic mass is 10.2. The number of para-hydroxylation sites is 1. The van der Waals surface area contributed by atoms with Crippen LogP contribution in [0.4, 0.5) is 11.5 Å². The first-order valence-electron chi connectivity index (χ1n) is 5.33. The monoisotopic (exact) mass is 279 g/mol. The smallest absolute Gasteiger partial charge is 0.269 e. The van der Waals surface area contributed by atoms with Gasteiger partial charge in [0, 0.05) is 12.7 Å². The Balaban J connectivity index is 2.31. The zero-order chi connectivity index (χ0) is 13.3. The molecule has 0 saturated carbocycles. The lowest BCUT2D eigenvalue weighted by Gasteiger charge is -2.07. The van der Waals surface area contributed by atoms with Gasteiger partial charge in [-0.3, -0.25) is 4.79 Å². The molecular weight excluding hydrogens is 266 g/mol. The highest BCUT2D eigenvalue weighted by Gasteiger charge is 2.15. The van der Waals surface area contributed by atoms with E-state index < -0.39 is 0 Å². The number of amides is 1. The van der Waals surface area contributed by atoms with Crippen molar-refractivity contribution in [1.29, 1.82) is 0 Å². The molecule has 3 N–H and O–H groups in total. The fourth-order valence-electron chi connectivity index (χ4n) is 1.51.